The summed E-state index contributed by atoms with van der Waals surface area (Å²) in [5, 5.41) is 4.01. The van der Waals surface area contributed by atoms with Crippen molar-refractivity contribution in [1.82, 2.24) is 24.6 Å². The van der Waals surface area contributed by atoms with E-state index in [9.17, 15) is 13.2 Å². The fourth-order valence-electron chi connectivity index (χ4n) is 3.37. The lowest BCUT2D eigenvalue weighted by Crippen LogP contribution is -2.31. The molecule has 2 aliphatic rings. The lowest BCUT2D eigenvalue weighted by molar-refractivity contribution is -0.141. The zero-order valence-electron chi connectivity index (χ0n) is 14.0. The van der Waals surface area contributed by atoms with Crippen LogP contribution in [0, 0.1) is 5.92 Å². The number of halogens is 3. The molecule has 1 atom stereocenters. The minimum Gasteiger partial charge on any atom is -0.339 e. The van der Waals surface area contributed by atoms with Crippen molar-refractivity contribution in [3.63, 3.8) is 0 Å². The van der Waals surface area contributed by atoms with Crippen LogP contribution in [0.1, 0.15) is 48.4 Å². The van der Waals surface area contributed by atoms with Gasteiger partial charge in [-0.2, -0.15) is 18.2 Å². The van der Waals surface area contributed by atoms with Gasteiger partial charge in [-0.05, 0) is 32.2 Å². The third-order valence-electron chi connectivity index (χ3n) is 4.77. The van der Waals surface area contributed by atoms with Gasteiger partial charge in [0.05, 0.1) is 6.54 Å². The van der Waals surface area contributed by atoms with Gasteiger partial charge >= 0.3 is 6.18 Å². The highest BCUT2D eigenvalue weighted by Crippen LogP contribution is 2.38. The van der Waals surface area contributed by atoms with Gasteiger partial charge in [-0.3, -0.25) is 4.90 Å². The Morgan fingerprint density at radius 3 is 2.80 bits per heavy atom. The van der Waals surface area contributed by atoms with Crippen molar-refractivity contribution in [1.29, 1.82) is 0 Å². The molecule has 0 N–H and O–H groups in total. The molecule has 1 saturated carbocycles. The first kappa shape index (κ1) is 16.6. The molecule has 0 saturated heterocycles. The second-order valence-electron chi connectivity index (χ2n) is 7.12. The molecule has 3 heterocycles. The Kier molecular flexibility index (Phi) is 4.05. The van der Waals surface area contributed by atoms with Crippen LogP contribution in [0.3, 0.4) is 0 Å². The summed E-state index contributed by atoms with van der Waals surface area (Å²) in [4.78, 5) is 10.2. The van der Waals surface area contributed by atoms with Gasteiger partial charge in [-0.15, -0.1) is 0 Å². The molecule has 0 bridgehead atoms. The van der Waals surface area contributed by atoms with Crippen molar-refractivity contribution in [2.24, 2.45) is 5.92 Å². The molecule has 1 fully saturated rings. The van der Waals surface area contributed by atoms with Crippen LogP contribution in [0.15, 0.2) is 10.7 Å². The van der Waals surface area contributed by atoms with E-state index in [1.165, 1.54) is 0 Å². The smallest absolute Gasteiger partial charge is 0.339 e. The van der Waals surface area contributed by atoms with Crippen molar-refractivity contribution in [2.45, 2.75) is 50.9 Å². The number of nitrogens with zero attached hydrogens (tertiary/aromatic N) is 5. The quantitative estimate of drug-likeness (QED) is 0.825. The zero-order chi connectivity index (χ0) is 17.6. The van der Waals surface area contributed by atoms with E-state index in [-0.39, 0.29) is 5.92 Å². The van der Waals surface area contributed by atoms with Crippen LogP contribution in [0.4, 0.5) is 13.2 Å². The fourth-order valence-corrected chi connectivity index (χ4v) is 3.37. The molecule has 6 nitrogen and oxygen atoms in total. The number of aryl methyl sites for hydroxylation is 1. The first-order valence-corrected chi connectivity index (χ1v) is 8.53. The standard InChI is InChI=1S/C16H20F3N5O/c1-23(9-13-21-15(25-22-13)11-3-4-11)6-10-2-5-14-20-12(16(17,18)19)8-24(14)7-10/h8,10-11H,2-7,9H2,1H3/t10-/m1/s1. The lowest BCUT2D eigenvalue weighted by Gasteiger charge is -2.27. The van der Waals surface area contributed by atoms with Crippen LogP contribution in [-0.2, 0) is 25.7 Å². The zero-order valence-corrected chi connectivity index (χ0v) is 14.0. The molecular formula is C16H20F3N5O. The highest BCUT2D eigenvalue weighted by atomic mass is 19.4. The van der Waals surface area contributed by atoms with Gasteiger partial charge in [-0.1, -0.05) is 5.16 Å². The molecule has 1 aliphatic heterocycles. The first-order chi connectivity index (χ1) is 11.9. The number of fused-ring (bicyclic) bond motifs is 1. The number of imidazole rings is 1. The van der Waals surface area contributed by atoms with Gasteiger partial charge in [0.1, 0.15) is 5.82 Å². The van der Waals surface area contributed by atoms with Crippen LogP contribution in [0.2, 0.25) is 0 Å². The van der Waals surface area contributed by atoms with E-state index in [1.54, 1.807) is 4.57 Å². The number of aromatic nitrogens is 4. The Morgan fingerprint density at radius 2 is 2.08 bits per heavy atom. The lowest BCUT2D eigenvalue weighted by atomic mass is 9.99. The average molecular weight is 355 g/mol. The highest BCUT2D eigenvalue weighted by Gasteiger charge is 2.36. The van der Waals surface area contributed by atoms with Crippen LogP contribution < -0.4 is 0 Å². The largest absolute Gasteiger partial charge is 0.434 e. The van der Waals surface area contributed by atoms with Gasteiger partial charge in [-0.25, -0.2) is 4.98 Å². The van der Waals surface area contributed by atoms with Crippen molar-refractivity contribution >= 4 is 0 Å². The Labute approximate surface area is 143 Å². The summed E-state index contributed by atoms with van der Waals surface area (Å²) in [6.45, 7) is 1.91. The molecule has 1 aliphatic carbocycles. The van der Waals surface area contributed by atoms with Crippen molar-refractivity contribution in [3.05, 3.63) is 29.4 Å². The minimum atomic E-state index is -4.38. The molecule has 4 rings (SSSR count). The molecule has 0 spiro atoms. The van der Waals surface area contributed by atoms with Crippen molar-refractivity contribution in [2.75, 3.05) is 13.6 Å². The van der Waals surface area contributed by atoms with Crippen LogP contribution in [-0.4, -0.2) is 38.2 Å². The van der Waals surface area contributed by atoms with E-state index in [4.69, 9.17) is 4.52 Å². The summed E-state index contributed by atoms with van der Waals surface area (Å²) >= 11 is 0. The van der Waals surface area contributed by atoms with Crippen LogP contribution in [0.25, 0.3) is 0 Å². The Bertz CT molecular complexity index is 749. The summed E-state index contributed by atoms with van der Waals surface area (Å²) in [7, 11) is 1.97. The summed E-state index contributed by atoms with van der Waals surface area (Å²) in [5.41, 5.74) is -0.795. The van der Waals surface area contributed by atoms with Crippen LogP contribution >= 0.6 is 0 Å². The Morgan fingerprint density at radius 1 is 1.28 bits per heavy atom. The molecule has 0 radical (unpaired) electrons. The third kappa shape index (κ3) is 3.70. The van der Waals surface area contributed by atoms with Crippen molar-refractivity contribution in [3.8, 4) is 0 Å². The highest BCUT2D eigenvalue weighted by molar-refractivity contribution is 5.10. The number of rotatable bonds is 5. The van der Waals surface area contributed by atoms with E-state index in [0.29, 0.717) is 37.1 Å². The SMILES string of the molecule is CN(Cc1noc(C2CC2)n1)C[C@H]1CCc2nc(C(F)(F)F)cn2C1. The van der Waals surface area contributed by atoms with Crippen molar-refractivity contribution < 1.29 is 17.7 Å². The minimum absolute atomic E-state index is 0.280. The number of hydrogen-bond donors (Lipinski definition) is 0. The fraction of sp³-hybridized carbons (Fsp3) is 0.688. The molecule has 0 aromatic carbocycles. The topological polar surface area (TPSA) is 60.0 Å². The maximum atomic E-state index is 12.8. The van der Waals surface area contributed by atoms with Gasteiger partial charge in [0.2, 0.25) is 5.89 Å². The van der Waals surface area contributed by atoms with Gasteiger partial charge in [0, 0.05) is 31.6 Å². The summed E-state index contributed by atoms with van der Waals surface area (Å²) in [6.07, 6.45) is 0.386. The molecular weight excluding hydrogens is 335 g/mol. The Balaban J connectivity index is 1.34. The maximum Gasteiger partial charge on any atom is 0.434 e. The summed E-state index contributed by atoms with van der Waals surface area (Å²) in [6, 6.07) is 0. The predicted octanol–water partition coefficient (Wildman–Crippen LogP) is 2.86. The molecule has 136 valence electrons. The van der Waals surface area contributed by atoms with Gasteiger partial charge in [0.15, 0.2) is 11.5 Å². The first-order valence-electron chi connectivity index (χ1n) is 8.53. The molecule has 2 aromatic rings. The van der Waals surface area contributed by atoms with E-state index in [2.05, 4.69) is 20.0 Å². The van der Waals surface area contributed by atoms with Gasteiger partial charge < -0.3 is 9.09 Å². The Hall–Kier alpha value is -1.90. The average Bonchev–Trinajstić information content (AvgIpc) is 3.12. The van der Waals surface area contributed by atoms with E-state index >= 15 is 0 Å². The molecule has 25 heavy (non-hydrogen) atoms. The monoisotopic (exact) mass is 355 g/mol. The van der Waals surface area contributed by atoms with Crippen LogP contribution in [0.5, 0.6) is 0 Å². The molecule has 0 unspecified atom stereocenters. The summed E-state index contributed by atoms with van der Waals surface area (Å²) in [5.74, 6) is 2.64. The van der Waals surface area contributed by atoms with E-state index in [0.717, 1.165) is 37.9 Å². The maximum absolute atomic E-state index is 12.8. The third-order valence-corrected chi connectivity index (χ3v) is 4.77. The molecule has 0 amide bonds. The second-order valence-corrected chi connectivity index (χ2v) is 7.12. The molecule has 2 aromatic heterocycles. The summed E-state index contributed by atoms with van der Waals surface area (Å²) < 4.78 is 45.2. The van der Waals surface area contributed by atoms with E-state index < -0.39 is 11.9 Å². The normalized spacial score (nSPS) is 20.9. The number of hydrogen-bond acceptors (Lipinski definition) is 5. The predicted molar refractivity (Wildman–Crippen MR) is 81.6 cm³/mol. The molecule has 9 heteroatoms. The number of alkyl halides is 3. The van der Waals surface area contributed by atoms with E-state index in [1.807, 2.05) is 7.05 Å². The van der Waals surface area contributed by atoms with Gasteiger partial charge in [0.25, 0.3) is 0 Å². The second kappa shape index (κ2) is 6.12.